The highest BCUT2D eigenvalue weighted by Crippen LogP contribution is 2.34. The number of aliphatic hydroxyl groups is 1. The van der Waals surface area contributed by atoms with Crippen LogP contribution in [0.5, 0.6) is 17.2 Å². The second kappa shape index (κ2) is 16.7. The molecule has 3 aromatic rings. The molecule has 0 saturated carbocycles. The summed E-state index contributed by atoms with van der Waals surface area (Å²) in [6.07, 6.45) is 2.31. The molecule has 2 aliphatic heterocycles. The second-order valence-corrected chi connectivity index (χ2v) is 12.8. The molecule has 258 valence electrons. The van der Waals surface area contributed by atoms with Crippen LogP contribution in [-0.4, -0.2) is 85.2 Å². The molecule has 0 fully saturated rings. The molecular weight excluding hydrogens is 612 g/mol. The third-order valence-corrected chi connectivity index (χ3v) is 8.73. The maximum absolute atomic E-state index is 14.4. The lowest BCUT2D eigenvalue weighted by Crippen LogP contribution is -2.47. The number of aliphatic hydroxyl groups excluding tert-OH is 1. The van der Waals surface area contributed by atoms with E-state index >= 15 is 0 Å². The highest BCUT2D eigenvalue weighted by Gasteiger charge is 2.30. The Morgan fingerprint density at radius 1 is 0.979 bits per heavy atom. The van der Waals surface area contributed by atoms with Gasteiger partial charge >= 0.3 is 6.03 Å². The number of fused-ring (bicyclic) bond motifs is 2. The van der Waals surface area contributed by atoms with Crippen LogP contribution >= 0.6 is 0 Å². The second-order valence-electron chi connectivity index (χ2n) is 12.8. The number of likely N-dealkylation sites (N-methyl/N-ethyl adjacent to an activating group) is 1. The molecule has 3 N–H and O–H groups in total. The molecular formula is C37H48N4O7. The zero-order valence-electron chi connectivity index (χ0n) is 28.3. The van der Waals surface area contributed by atoms with Crippen LogP contribution in [0.3, 0.4) is 0 Å². The minimum atomic E-state index is -0.481. The molecule has 3 amide bonds. The van der Waals surface area contributed by atoms with Gasteiger partial charge in [0, 0.05) is 49.6 Å². The Hall–Kier alpha value is -4.32. The maximum atomic E-state index is 14.4. The number of anilines is 2. The number of ether oxygens (including phenoxy) is 4. The van der Waals surface area contributed by atoms with E-state index < -0.39 is 12.1 Å². The molecule has 11 heteroatoms. The van der Waals surface area contributed by atoms with Gasteiger partial charge in [-0.05, 0) is 76.1 Å². The summed E-state index contributed by atoms with van der Waals surface area (Å²) in [5, 5.41) is 15.9. The van der Waals surface area contributed by atoms with Crippen molar-refractivity contribution >= 4 is 23.3 Å². The lowest BCUT2D eigenvalue weighted by molar-refractivity contribution is -0.0177. The van der Waals surface area contributed by atoms with E-state index in [1.807, 2.05) is 32.0 Å². The maximum Gasteiger partial charge on any atom is 0.323 e. The van der Waals surface area contributed by atoms with Crippen LogP contribution in [0.25, 0.3) is 0 Å². The first-order valence-electron chi connectivity index (χ1n) is 16.7. The number of carbonyl (C=O) groups is 2. The van der Waals surface area contributed by atoms with E-state index in [0.717, 1.165) is 25.8 Å². The monoisotopic (exact) mass is 660 g/mol. The van der Waals surface area contributed by atoms with Crippen LogP contribution in [0.2, 0.25) is 0 Å². The molecule has 0 aromatic heterocycles. The number of hydrogen-bond donors (Lipinski definition) is 3. The first kappa shape index (κ1) is 35.0. The summed E-state index contributed by atoms with van der Waals surface area (Å²) in [6, 6.07) is 19.6. The summed E-state index contributed by atoms with van der Waals surface area (Å²) in [5.74, 6) is 1.27. The zero-order chi connectivity index (χ0) is 34.0. The van der Waals surface area contributed by atoms with Crippen molar-refractivity contribution in [2.24, 2.45) is 5.92 Å². The van der Waals surface area contributed by atoms with Gasteiger partial charge in [0.15, 0.2) is 11.5 Å². The first-order valence-corrected chi connectivity index (χ1v) is 16.7. The van der Waals surface area contributed by atoms with Gasteiger partial charge in [0.2, 0.25) is 6.79 Å². The van der Waals surface area contributed by atoms with Gasteiger partial charge in [0.05, 0.1) is 30.4 Å². The highest BCUT2D eigenvalue weighted by molar-refractivity contribution is 6.02. The summed E-state index contributed by atoms with van der Waals surface area (Å²) in [6.45, 7) is 8.29. The molecule has 5 rings (SSSR count). The van der Waals surface area contributed by atoms with Gasteiger partial charge in [0.1, 0.15) is 5.75 Å². The van der Waals surface area contributed by atoms with Crippen LogP contribution in [0.15, 0.2) is 66.7 Å². The average Bonchev–Trinajstić information content (AvgIpc) is 3.54. The van der Waals surface area contributed by atoms with Crippen molar-refractivity contribution in [2.75, 3.05) is 50.8 Å². The normalized spacial score (nSPS) is 20.8. The van der Waals surface area contributed by atoms with Gasteiger partial charge in [-0.2, -0.15) is 0 Å². The Kier molecular flexibility index (Phi) is 12.2. The Labute approximate surface area is 283 Å². The Morgan fingerprint density at radius 3 is 2.44 bits per heavy atom. The Bertz CT molecular complexity index is 1520. The van der Waals surface area contributed by atoms with E-state index in [1.54, 1.807) is 41.3 Å². The molecule has 11 nitrogen and oxygen atoms in total. The number of rotatable bonds is 8. The SMILES string of the molecule is C[C@@H]1CN([C@@H](C)CO)C(=O)c2cc(NC(=O)Nc3ccc4c(c3)OCO4)ccc2O[C@@H](C)CCCCO[C@H]1CN(C)Cc1ccccc1. The van der Waals surface area contributed by atoms with Crippen LogP contribution in [0.1, 0.15) is 56.0 Å². The molecule has 4 atom stereocenters. The number of urea groups is 1. The molecule has 0 unspecified atom stereocenters. The fourth-order valence-electron chi connectivity index (χ4n) is 6.00. The number of amides is 3. The first-order chi connectivity index (χ1) is 23.2. The topological polar surface area (TPSA) is 122 Å². The largest absolute Gasteiger partial charge is 0.490 e. The fourth-order valence-corrected chi connectivity index (χ4v) is 6.00. The lowest BCUT2D eigenvalue weighted by atomic mass is 10.0. The highest BCUT2D eigenvalue weighted by atomic mass is 16.7. The molecule has 2 heterocycles. The van der Waals surface area contributed by atoms with Crippen LogP contribution in [0.4, 0.5) is 16.2 Å². The van der Waals surface area contributed by atoms with E-state index in [2.05, 4.69) is 41.6 Å². The number of hydrogen-bond acceptors (Lipinski definition) is 8. The molecule has 0 spiro atoms. The summed E-state index contributed by atoms with van der Waals surface area (Å²) >= 11 is 0. The third-order valence-electron chi connectivity index (χ3n) is 8.73. The summed E-state index contributed by atoms with van der Waals surface area (Å²) in [4.78, 5) is 31.3. The van der Waals surface area contributed by atoms with Crippen LogP contribution in [0, 0.1) is 5.92 Å². The zero-order valence-corrected chi connectivity index (χ0v) is 28.3. The fraction of sp³-hybridized carbons (Fsp3) is 0.459. The smallest absolute Gasteiger partial charge is 0.323 e. The van der Waals surface area contributed by atoms with Gasteiger partial charge in [-0.3, -0.25) is 9.69 Å². The molecule has 0 saturated heterocycles. The van der Waals surface area contributed by atoms with Gasteiger partial charge < -0.3 is 39.6 Å². The van der Waals surface area contributed by atoms with Crippen molar-refractivity contribution in [1.29, 1.82) is 0 Å². The van der Waals surface area contributed by atoms with Crippen molar-refractivity contribution in [1.82, 2.24) is 9.80 Å². The number of nitrogens with zero attached hydrogens (tertiary/aromatic N) is 2. The molecule has 3 aromatic carbocycles. The van der Waals surface area contributed by atoms with Crippen molar-refractivity contribution in [3.05, 3.63) is 77.9 Å². The predicted molar refractivity (Wildman–Crippen MR) is 185 cm³/mol. The molecule has 48 heavy (non-hydrogen) atoms. The van der Waals surface area contributed by atoms with Crippen molar-refractivity contribution in [3.63, 3.8) is 0 Å². The number of nitrogens with one attached hydrogen (secondary N) is 2. The predicted octanol–water partition coefficient (Wildman–Crippen LogP) is 5.99. The van der Waals surface area contributed by atoms with E-state index in [1.165, 1.54) is 5.56 Å². The minimum absolute atomic E-state index is 0.0406. The van der Waals surface area contributed by atoms with Gasteiger partial charge in [-0.1, -0.05) is 37.3 Å². The lowest BCUT2D eigenvalue weighted by Gasteiger charge is -2.36. The van der Waals surface area contributed by atoms with Crippen LogP contribution in [-0.2, 0) is 11.3 Å². The number of carbonyl (C=O) groups excluding carboxylic acids is 2. The Morgan fingerprint density at radius 2 is 1.69 bits per heavy atom. The van der Waals surface area contributed by atoms with Gasteiger partial charge in [-0.15, -0.1) is 0 Å². The van der Waals surface area contributed by atoms with Gasteiger partial charge in [0.25, 0.3) is 5.91 Å². The van der Waals surface area contributed by atoms with Crippen LogP contribution < -0.4 is 24.8 Å². The van der Waals surface area contributed by atoms with Crippen molar-refractivity contribution < 1.29 is 33.6 Å². The van der Waals surface area contributed by atoms with E-state index in [4.69, 9.17) is 18.9 Å². The molecule has 0 aliphatic carbocycles. The van der Waals surface area contributed by atoms with Crippen molar-refractivity contribution in [2.45, 2.75) is 64.8 Å². The van der Waals surface area contributed by atoms with E-state index in [9.17, 15) is 14.7 Å². The van der Waals surface area contributed by atoms with E-state index in [-0.39, 0.29) is 37.4 Å². The molecule has 2 aliphatic rings. The van der Waals surface area contributed by atoms with Crippen molar-refractivity contribution in [3.8, 4) is 17.2 Å². The minimum Gasteiger partial charge on any atom is -0.490 e. The molecule has 0 radical (unpaired) electrons. The summed E-state index contributed by atoms with van der Waals surface area (Å²) in [5.41, 5.74) is 2.49. The molecule has 0 bridgehead atoms. The third kappa shape index (κ3) is 9.40. The summed E-state index contributed by atoms with van der Waals surface area (Å²) < 4.78 is 23.6. The number of benzene rings is 3. The quantitative estimate of drug-likeness (QED) is 0.270. The Balaban J connectivity index is 1.36. The van der Waals surface area contributed by atoms with Gasteiger partial charge in [-0.25, -0.2) is 4.79 Å². The van der Waals surface area contributed by atoms with E-state index in [0.29, 0.717) is 53.9 Å². The average molecular weight is 661 g/mol. The summed E-state index contributed by atoms with van der Waals surface area (Å²) in [7, 11) is 2.08. The standard InChI is InChI=1S/C37H48N4O7/c1-25-20-41(26(2)23-42)36(43)31-18-29(38-37(44)39-30-14-16-33-34(19-30)47-24-46-33)13-15-32(31)48-27(3)10-8-9-17-45-35(25)22-40(4)21-28-11-6-5-7-12-28/h5-7,11-16,18-19,25-27,35,42H,8-10,17,20-24H2,1-4H3,(H2,38,39,44)/t25-,26+,27+,35+/m1/s1.